The molecule has 1 aromatic heterocycles. The van der Waals surface area contributed by atoms with E-state index >= 15 is 0 Å². The predicted octanol–water partition coefficient (Wildman–Crippen LogP) is 3.63. The number of rotatable bonds is 7. The van der Waals surface area contributed by atoms with E-state index < -0.39 is 12.1 Å². The van der Waals surface area contributed by atoms with Crippen LogP contribution in [0.25, 0.3) is 0 Å². The third-order valence-corrected chi connectivity index (χ3v) is 5.79. The Bertz CT molecular complexity index is 803. The summed E-state index contributed by atoms with van der Waals surface area (Å²) in [5.41, 5.74) is 1.85. The van der Waals surface area contributed by atoms with Gasteiger partial charge in [-0.1, -0.05) is 37.3 Å². The first-order valence-electron chi connectivity index (χ1n) is 9.94. The summed E-state index contributed by atoms with van der Waals surface area (Å²) in [5.74, 6) is 0.472. The van der Waals surface area contributed by atoms with Crippen molar-refractivity contribution in [1.29, 1.82) is 0 Å². The van der Waals surface area contributed by atoms with Gasteiger partial charge in [0.1, 0.15) is 12.6 Å². The first kappa shape index (κ1) is 21.3. The van der Waals surface area contributed by atoms with Crippen LogP contribution in [-0.2, 0) is 22.7 Å². The third kappa shape index (κ3) is 6.83. The molecule has 2 N–H and O–H groups in total. The predicted molar refractivity (Wildman–Crippen MR) is 114 cm³/mol. The molecule has 1 atom stereocenters. The minimum absolute atomic E-state index is 0.159. The van der Waals surface area contributed by atoms with Gasteiger partial charge in [-0.05, 0) is 44.3 Å². The molecule has 2 amide bonds. The number of piperidine rings is 1. The SMILES string of the molecule is CC1CCN(Cc2csc(NC(=O)C(C)NC(=O)OCc3ccccc3)n2)CC1. The molecule has 0 aliphatic carbocycles. The highest BCUT2D eigenvalue weighted by Crippen LogP contribution is 2.21. The second kappa shape index (κ2) is 10.4. The highest BCUT2D eigenvalue weighted by atomic mass is 32.1. The van der Waals surface area contributed by atoms with Crippen molar-refractivity contribution in [3.8, 4) is 0 Å². The normalized spacial score (nSPS) is 16.2. The lowest BCUT2D eigenvalue weighted by Crippen LogP contribution is -2.41. The Morgan fingerprint density at radius 1 is 1.28 bits per heavy atom. The van der Waals surface area contributed by atoms with E-state index in [2.05, 4.69) is 27.4 Å². The smallest absolute Gasteiger partial charge is 0.408 e. The van der Waals surface area contributed by atoms with Crippen LogP contribution in [0.3, 0.4) is 0 Å². The second-order valence-corrected chi connectivity index (χ2v) is 8.38. The number of nitrogens with one attached hydrogen (secondary N) is 2. The maximum Gasteiger partial charge on any atom is 0.408 e. The fraction of sp³-hybridized carbons (Fsp3) is 0.476. The molecule has 8 heteroatoms. The molecule has 7 nitrogen and oxygen atoms in total. The Kier molecular flexibility index (Phi) is 7.60. The number of thiazole rings is 1. The fourth-order valence-electron chi connectivity index (χ4n) is 3.11. The van der Waals surface area contributed by atoms with Gasteiger partial charge in [-0.25, -0.2) is 9.78 Å². The van der Waals surface area contributed by atoms with Crippen molar-refractivity contribution in [2.24, 2.45) is 5.92 Å². The molecule has 1 aliphatic heterocycles. The summed E-state index contributed by atoms with van der Waals surface area (Å²) in [7, 11) is 0. The molecule has 29 heavy (non-hydrogen) atoms. The molecule has 0 radical (unpaired) electrons. The van der Waals surface area contributed by atoms with E-state index in [9.17, 15) is 9.59 Å². The van der Waals surface area contributed by atoms with Gasteiger partial charge in [-0.15, -0.1) is 11.3 Å². The number of hydrogen-bond donors (Lipinski definition) is 2. The first-order valence-corrected chi connectivity index (χ1v) is 10.8. The van der Waals surface area contributed by atoms with Crippen LogP contribution in [0.1, 0.15) is 37.9 Å². The zero-order chi connectivity index (χ0) is 20.6. The first-order chi connectivity index (χ1) is 14.0. The van der Waals surface area contributed by atoms with E-state index in [-0.39, 0.29) is 12.5 Å². The third-order valence-electron chi connectivity index (χ3n) is 4.98. The molecule has 1 aliphatic rings. The number of nitrogens with zero attached hydrogens (tertiary/aromatic N) is 2. The standard InChI is InChI=1S/C21H28N4O3S/c1-15-8-10-25(11-9-15)12-18-14-29-20(23-18)24-19(26)16(2)22-21(27)28-13-17-6-4-3-5-7-17/h3-7,14-16H,8-13H2,1-2H3,(H,22,27)(H,23,24,26). The van der Waals surface area contributed by atoms with Crippen LogP contribution < -0.4 is 10.6 Å². The minimum atomic E-state index is -0.728. The summed E-state index contributed by atoms with van der Waals surface area (Å²) in [6.07, 6.45) is 1.81. The minimum Gasteiger partial charge on any atom is -0.445 e. The summed E-state index contributed by atoms with van der Waals surface area (Å²) < 4.78 is 5.15. The molecule has 0 spiro atoms. The molecule has 1 aromatic carbocycles. The molecule has 0 saturated carbocycles. The Morgan fingerprint density at radius 3 is 2.72 bits per heavy atom. The monoisotopic (exact) mass is 416 g/mol. The average molecular weight is 417 g/mol. The number of likely N-dealkylation sites (tertiary alicyclic amines) is 1. The highest BCUT2D eigenvalue weighted by molar-refractivity contribution is 7.13. The number of hydrogen-bond acceptors (Lipinski definition) is 6. The van der Waals surface area contributed by atoms with Gasteiger partial charge in [0, 0.05) is 11.9 Å². The number of aromatic nitrogens is 1. The summed E-state index contributed by atoms with van der Waals surface area (Å²) >= 11 is 1.40. The summed E-state index contributed by atoms with van der Waals surface area (Å²) in [6.45, 7) is 7.05. The zero-order valence-electron chi connectivity index (χ0n) is 16.9. The highest BCUT2D eigenvalue weighted by Gasteiger charge is 2.19. The number of carbonyl (C=O) groups excluding carboxylic acids is 2. The van der Waals surface area contributed by atoms with Crippen LogP contribution >= 0.6 is 11.3 Å². The van der Waals surface area contributed by atoms with Gasteiger partial charge in [-0.3, -0.25) is 9.69 Å². The van der Waals surface area contributed by atoms with Crippen molar-refractivity contribution in [2.45, 2.75) is 45.9 Å². The lowest BCUT2D eigenvalue weighted by atomic mass is 9.99. The molecular formula is C21H28N4O3S. The van der Waals surface area contributed by atoms with Crippen molar-refractivity contribution < 1.29 is 14.3 Å². The van der Waals surface area contributed by atoms with Gasteiger partial charge in [0.25, 0.3) is 0 Å². The number of amides is 2. The van der Waals surface area contributed by atoms with E-state index in [0.717, 1.165) is 36.8 Å². The van der Waals surface area contributed by atoms with E-state index in [1.54, 1.807) is 6.92 Å². The Balaban J connectivity index is 1.41. The van der Waals surface area contributed by atoms with E-state index in [0.29, 0.717) is 5.13 Å². The van der Waals surface area contributed by atoms with Crippen LogP contribution in [-0.4, -0.2) is 41.0 Å². The number of carbonyl (C=O) groups is 2. The van der Waals surface area contributed by atoms with Crippen molar-refractivity contribution >= 4 is 28.5 Å². The summed E-state index contributed by atoms with van der Waals surface area (Å²) in [6, 6.07) is 8.66. The maximum absolute atomic E-state index is 12.3. The van der Waals surface area contributed by atoms with Crippen molar-refractivity contribution in [2.75, 3.05) is 18.4 Å². The molecule has 2 heterocycles. The van der Waals surface area contributed by atoms with Gasteiger partial charge in [0.15, 0.2) is 5.13 Å². The molecule has 1 unspecified atom stereocenters. The lowest BCUT2D eigenvalue weighted by Gasteiger charge is -2.29. The van der Waals surface area contributed by atoms with Crippen LogP contribution in [0.15, 0.2) is 35.7 Å². The Morgan fingerprint density at radius 2 is 2.00 bits per heavy atom. The Hall–Kier alpha value is -2.45. The van der Waals surface area contributed by atoms with Gasteiger partial charge < -0.3 is 15.4 Å². The maximum atomic E-state index is 12.3. The molecule has 1 saturated heterocycles. The number of benzene rings is 1. The van der Waals surface area contributed by atoms with Crippen molar-refractivity contribution in [1.82, 2.24) is 15.2 Å². The molecule has 3 rings (SSSR count). The molecular weight excluding hydrogens is 388 g/mol. The number of ether oxygens (including phenoxy) is 1. The Labute approximate surface area is 175 Å². The fourth-order valence-corrected chi connectivity index (χ4v) is 3.81. The van der Waals surface area contributed by atoms with Gasteiger partial charge in [-0.2, -0.15) is 0 Å². The lowest BCUT2D eigenvalue weighted by molar-refractivity contribution is -0.117. The second-order valence-electron chi connectivity index (χ2n) is 7.52. The number of alkyl carbamates (subject to hydrolysis) is 1. The van der Waals surface area contributed by atoms with Gasteiger partial charge >= 0.3 is 6.09 Å². The van der Waals surface area contributed by atoms with Crippen LogP contribution in [0.4, 0.5) is 9.93 Å². The summed E-state index contributed by atoms with van der Waals surface area (Å²) in [4.78, 5) is 31.1. The van der Waals surface area contributed by atoms with E-state index in [1.165, 1.54) is 24.2 Å². The van der Waals surface area contributed by atoms with Gasteiger partial charge in [0.05, 0.1) is 5.69 Å². The summed E-state index contributed by atoms with van der Waals surface area (Å²) in [5, 5.41) is 7.82. The number of anilines is 1. The van der Waals surface area contributed by atoms with Crippen molar-refractivity contribution in [3.63, 3.8) is 0 Å². The molecule has 2 aromatic rings. The zero-order valence-corrected chi connectivity index (χ0v) is 17.7. The van der Waals surface area contributed by atoms with E-state index in [4.69, 9.17) is 4.74 Å². The quantitative estimate of drug-likeness (QED) is 0.720. The molecule has 156 valence electrons. The molecule has 0 bridgehead atoms. The van der Waals surface area contributed by atoms with Crippen LogP contribution in [0, 0.1) is 5.92 Å². The van der Waals surface area contributed by atoms with Crippen molar-refractivity contribution in [3.05, 3.63) is 47.0 Å². The van der Waals surface area contributed by atoms with Crippen LogP contribution in [0.2, 0.25) is 0 Å². The van der Waals surface area contributed by atoms with Crippen LogP contribution in [0.5, 0.6) is 0 Å². The largest absolute Gasteiger partial charge is 0.445 e. The topological polar surface area (TPSA) is 83.6 Å². The average Bonchev–Trinajstić information content (AvgIpc) is 3.15. The van der Waals surface area contributed by atoms with E-state index in [1.807, 2.05) is 35.7 Å². The molecule has 1 fully saturated rings. The van der Waals surface area contributed by atoms with Gasteiger partial charge in [0.2, 0.25) is 5.91 Å².